The largest absolute Gasteiger partial charge is 0.362 e. The van der Waals surface area contributed by atoms with Crippen LogP contribution in [-0.2, 0) is 11.2 Å². The van der Waals surface area contributed by atoms with Crippen LogP contribution in [0.4, 0.5) is 0 Å². The molecule has 3 rings (SSSR count). The lowest BCUT2D eigenvalue weighted by Gasteiger charge is -2.24. The number of nitrogens with one attached hydrogen (secondary N) is 1. The van der Waals surface area contributed by atoms with E-state index in [1.54, 1.807) is 4.90 Å². The fourth-order valence-corrected chi connectivity index (χ4v) is 5.96. The molecule has 0 radical (unpaired) electrons. The number of nitrogens with zero attached hydrogens (tertiary/aromatic N) is 1. The molecule has 4 heteroatoms. The molecule has 1 heterocycles. The summed E-state index contributed by atoms with van der Waals surface area (Å²) in [6, 6.07) is 18.9. The molecule has 24 heavy (non-hydrogen) atoms. The first-order valence-electron chi connectivity index (χ1n) is 8.27. The summed E-state index contributed by atoms with van der Waals surface area (Å²) in [5, 5.41) is 3.79. The third kappa shape index (κ3) is 2.89. The highest BCUT2D eigenvalue weighted by Gasteiger charge is 2.32. The molecule has 1 amide bonds. The van der Waals surface area contributed by atoms with Gasteiger partial charge in [-0.05, 0) is 11.6 Å². The number of carbonyl (C=O) groups is 1. The Labute approximate surface area is 144 Å². The molecule has 0 aliphatic rings. The van der Waals surface area contributed by atoms with Crippen LogP contribution in [0.5, 0.6) is 0 Å². The van der Waals surface area contributed by atoms with Crippen LogP contribution in [-0.4, -0.2) is 38.0 Å². The van der Waals surface area contributed by atoms with Gasteiger partial charge in [-0.3, -0.25) is 4.79 Å². The van der Waals surface area contributed by atoms with E-state index < -0.39 is 8.07 Å². The van der Waals surface area contributed by atoms with Crippen LogP contribution in [0.15, 0.2) is 54.6 Å². The second-order valence-corrected chi connectivity index (χ2v) is 11.3. The zero-order chi connectivity index (χ0) is 17.3. The molecule has 0 saturated heterocycles. The maximum absolute atomic E-state index is 12.4. The normalized spacial score (nSPS) is 11.7. The van der Waals surface area contributed by atoms with E-state index in [0.29, 0.717) is 6.42 Å². The van der Waals surface area contributed by atoms with Gasteiger partial charge in [0.15, 0.2) is 0 Å². The van der Waals surface area contributed by atoms with Gasteiger partial charge in [-0.1, -0.05) is 66.8 Å². The Bertz CT molecular complexity index is 866. The minimum Gasteiger partial charge on any atom is -0.362 e. The smallest absolute Gasteiger partial charge is 0.226 e. The molecule has 2 aromatic carbocycles. The van der Waals surface area contributed by atoms with Crippen molar-refractivity contribution in [3.63, 3.8) is 0 Å². The maximum Gasteiger partial charge on any atom is 0.226 e. The lowest BCUT2D eigenvalue weighted by molar-refractivity contribution is -0.127. The number of benzene rings is 2. The van der Waals surface area contributed by atoms with Crippen molar-refractivity contribution in [2.24, 2.45) is 0 Å². The predicted octanol–water partition coefficient (Wildman–Crippen LogP) is 2.62. The first-order chi connectivity index (χ1) is 11.4. The molecular weight excluding hydrogens is 312 g/mol. The second kappa shape index (κ2) is 6.28. The standard InChI is InChI=1S/C20H24N2OSi/c1-22(2)19(23)14-17-16-12-8-9-13-18(16)21-20(17)24(3,4)15-10-6-5-7-11-15/h5-13,21H,14H2,1-4H3. The van der Waals surface area contributed by atoms with E-state index in [-0.39, 0.29) is 5.91 Å². The van der Waals surface area contributed by atoms with Crippen molar-refractivity contribution < 1.29 is 4.79 Å². The number of hydrogen-bond acceptors (Lipinski definition) is 1. The molecule has 1 N–H and O–H groups in total. The van der Waals surface area contributed by atoms with E-state index in [0.717, 1.165) is 11.1 Å². The van der Waals surface area contributed by atoms with E-state index in [1.807, 2.05) is 26.2 Å². The molecule has 0 unspecified atom stereocenters. The van der Waals surface area contributed by atoms with E-state index in [2.05, 4.69) is 60.5 Å². The summed E-state index contributed by atoms with van der Waals surface area (Å²) in [5.41, 5.74) is 2.27. The molecular formula is C20H24N2OSi. The van der Waals surface area contributed by atoms with Crippen molar-refractivity contribution in [1.82, 2.24) is 9.88 Å². The van der Waals surface area contributed by atoms with Crippen LogP contribution in [0.1, 0.15) is 5.56 Å². The number of amides is 1. The molecule has 0 aliphatic heterocycles. The van der Waals surface area contributed by atoms with Crippen LogP contribution in [0.25, 0.3) is 10.9 Å². The number of para-hydroxylation sites is 1. The van der Waals surface area contributed by atoms with Crippen molar-refractivity contribution in [3.05, 3.63) is 60.2 Å². The van der Waals surface area contributed by atoms with Gasteiger partial charge in [0.25, 0.3) is 0 Å². The van der Waals surface area contributed by atoms with Gasteiger partial charge in [0.2, 0.25) is 5.91 Å². The van der Waals surface area contributed by atoms with Crippen LogP contribution >= 0.6 is 0 Å². The van der Waals surface area contributed by atoms with Crippen molar-refractivity contribution in [2.75, 3.05) is 14.1 Å². The molecule has 0 bridgehead atoms. The number of rotatable bonds is 4. The summed E-state index contributed by atoms with van der Waals surface area (Å²) in [6.07, 6.45) is 0.440. The summed E-state index contributed by atoms with van der Waals surface area (Å²) in [7, 11) is 1.72. The van der Waals surface area contributed by atoms with Crippen molar-refractivity contribution in [2.45, 2.75) is 19.5 Å². The topological polar surface area (TPSA) is 36.1 Å². The Balaban J connectivity index is 2.18. The van der Waals surface area contributed by atoms with Crippen LogP contribution in [0.3, 0.4) is 0 Å². The first-order valence-corrected chi connectivity index (χ1v) is 11.3. The minimum atomic E-state index is -1.91. The van der Waals surface area contributed by atoms with E-state index >= 15 is 0 Å². The molecule has 0 spiro atoms. The van der Waals surface area contributed by atoms with Gasteiger partial charge in [-0.2, -0.15) is 0 Å². The number of likely N-dealkylation sites (N-methyl/N-ethyl adjacent to an activating group) is 1. The van der Waals surface area contributed by atoms with Gasteiger partial charge in [0, 0.05) is 30.3 Å². The van der Waals surface area contributed by atoms with Gasteiger partial charge in [-0.15, -0.1) is 0 Å². The SMILES string of the molecule is CN(C)C(=O)Cc1c([Si](C)(C)c2ccccc2)[nH]c2ccccc12. The predicted molar refractivity (Wildman–Crippen MR) is 104 cm³/mol. The molecule has 1 aromatic heterocycles. The van der Waals surface area contributed by atoms with Gasteiger partial charge in [0.1, 0.15) is 8.07 Å². The monoisotopic (exact) mass is 336 g/mol. The first kappa shape index (κ1) is 16.5. The number of carbonyl (C=O) groups excluding carboxylic acids is 1. The van der Waals surface area contributed by atoms with Gasteiger partial charge in [-0.25, -0.2) is 0 Å². The van der Waals surface area contributed by atoms with Gasteiger partial charge in [0.05, 0.1) is 6.42 Å². The van der Waals surface area contributed by atoms with Crippen LogP contribution in [0, 0.1) is 0 Å². The highest BCUT2D eigenvalue weighted by Crippen LogP contribution is 2.20. The zero-order valence-corrected chi connectivity index (χ0v) is 15.8. The lowest BCUT2D eigenvalue weighted by Crippen LogP contribution is -2.55. The van der Waals surface area contributed by atoms with Crippen molar-refractivity contribution >= 4 is 35.4 Å². The zero-order valence-electron chi connectivity index (χ0n) is 14.8. The van der Waals surface area contributed by atoms with Crippen molar-refractivity contribution in [3.8, 4) is 0 Å². The average molecular weight is 337 g/mol. The summed E-state index contributed by atoms with van der Waals surface area (Å²) >= 11 is 0. The molecule has 124 valence electrons. The minimum absolute atomic E-state index is 0.138. The Kier molecular flexibility index (Phi) is 4.33. The molecule has 3 aromatic rings. The van der Waals surface area contributed by atoms with Crippen LogP contribution < -0.4 is 10.5 Å². The lowest BCUT2D eigenvalue weighted by atomic mass is 10.1. The summed E-state index contributed by atoms with van der Waals surface area (Å²) in [4.78, 5) is 17.7. The number of aromatic amines is 1. The fraction of sp³-hybridized carbons (Fsp3) is 0.250. The number of fused-ring (bicyclic) bond motifs is 1. The van der Waals surface area contributed by atoms with E-state index in [4.69, 9.17) is 0 Å². The summed E-state index contributed by atoms with van der Waals surface area (Å²) in [6.45, 7) is 4.69. The Morgan fingerprint density at radius 3 is 2.29 bits per heavy atom. The maximum atomic E-state index is 12.4. The molecule has 0 atom stereocenters. The van der Waals surface area contributed by atoms with E-state index in [1.165, 1.54) is 15.9 Å². The number of hydrogen-bond donors (Lipinski definition) is 1. The van der Waals surface area contributed by atoms with Crippen LogP contribution in [0.2, 0.25) is 13.1 Å². The molecule has 0 fully saturated rings. The Morgan fingerprint density at radius 2 is 1.62 bits per heavy atom. The molecule has 0 saturated carbocycles. The molecule has 0 aliphatic carbocycles. The highest BCUT2D eigenvalue weighted by molar-refractivity contribution is 7.00. The third-order valence-corrected chi connectivity index (χ3v) is 8.21. The quantitative estimate of drug-likeness (QED) is 0.731. The Morgan fingerprint density at radius 1 is 1.00 bits per heavy atom. The van der Waals surface area contributed by atoms with E-state index in [9.17, 15) is 4.79 Å². The highest BCUT2D eigenvalue weighted by atomic mass is 28.3. The third-order valence-electron chi connectivity index (χ3n) is 4.76. The molecule has 3 nitrogen and oxygen atoms in total. The number of aromatic nitrogens is 1. The van der Waals surface area contributed by atoms with Gasteiger partial charge >= 0.3 is 0 Å². The number of H-pyrrole nitrogens is 1. The fourth-order valence-electron chi connectivity index (χ4n) is 3.23. The Hall–Kier alpha value is -2.33. The van der Waals surface area contributed by atoms with Gasteiger partial charge < -0.3 is 9.88 Å². The second-order valence-electron chi connectivity index (χ2n) is 6.98. The summed E-state index contributed by atoms with van der Waals surface area (Å²) < 4.78 is 0. The average Bonchev–Trinajstić information content (AvgIpc) is 2.95. The summed E-state index contributed by atoms with van der Waals surface area (Å²) in [5.74, 6) is 0.138. The van der Waals surface area contributed by atoms with Crippen molar-refractivity contribution in [1.29, 1.82) is 0 Å².